The van der Waals surface area contributed by atoms with Crippen molar-refractivity contribution in [2.75, 3.05) is 0 Å². The van der Waals surface area contributed by atoms with E-state index in [2.05, 4.69) is 15.4 Å². The molecule has 21 heavy (non-hydrogen) atoms. The molecule has 1 aromatic carbocycles. The topological polar surface area (TPSA) is 71.8 Å². The molecule has 4 rings (SSSR count). The van der Waals surface area contributed by atoms with Gasteiger partial charge in [-0.2, -0.15) is 5.10 Å². The molecule has 0 saturated carbocycles. The van der Waals surface area contributed by atoms with Crippen LogP contribution in [0.5, 0.6) is 0 Å². The summed E-state index contributed by atoms with van der Waals surface area (Å²) in [5.41, 5.74) is 5.40. The molecule has 0 radical (unpaired) electrons. The first-order valence-corrected chi connectivity index (χ1v) is 6.86. The van der Waals surface area contributed by atoms with Crippen molar-refractivity contribution >= 4 is 5.78 Å². The summed E-state index contributed by atoms with van der Waals surface area (Å²) in [4.78, 5) is 12.4. The highest BCUT2D eigenvalue weighted by molar-refractivity contribution is 6.05. The van der Waals surface area contributed by atoms with Gasteiger partial charge in [0, 0.05) is 35.7 Å². The minimum Gasteiger partial charge on any atom is -0.360 e. The van der Waals surface area contributed by atoms with Gasteiger partial charge in [0.2, 0.25) is 0 Å². The van der Waals surface area contributed by atoms with Crippen LogP contribution in [0.25, 0.3) is 22.3 Å². The molecule has 2 heterocycles. The molecule has 5 nitrogen and oxygen atoms in total. The summed E-state index contributed by atoms with van der Waals surface area (Å²) in [5, 5.41) is 10.8. The zero-order valence-electron chi connectivity index (χ0n) is 11.5. The van der Waals surface area contributed by atoms with Crippen molar-refractivity contribution < 1.29 is 9.32 Å². The number of rotatable bonds is 1. The Morgan fingerprint density at radius 3 is 2.90 bits per heavy atom. The van der Waals surface area contributed by atoms with Gasteiger partial charge >= 0.3 is 0 Å². The number of aromatic amines is 1. The Balaban J connectivity index is 1.95. The fourth-order valence-corrected chi connectivity index (χ4v) is 2.88. The molecular weight excluding hydrogens is 266 g/mol. The number of nitrogens with one attached hydrogen (secondary N) is 1. The van der Waals surface area contributed by atoms with E-state index in [4.69, 9.17) is 4.52 Å². The molecule has 0 atom stereocenters. The molecular formula is C16H13N3O2. The maximum atomic E-state index is 12.4. The number of Topliss-reactive ketones (excluding diaryl/α,β-unsaturated/α-hetero) is 1. The number of H-pyrrole nitrogens is 1. The Bertz CT molecular complexity index is 831. The van der Waals surface area contributed by atoms with Crippen LogP contribution in [0.3, 0.4) is 0 Å². The van der Waals surface area contributed by atoms with Crippen molar-refractivity contribution in [3.05, 3.63) is 47.6 Å². The summed E-state index contributed by atoms with van der Waals surface area (Å²) >= 11 is 0. The molecule has 0 amide bonds. The number of hydrogen-bond donors (Lipinski definition) is 1. The molecule has 1 aliphatic carbocycles. The van der Waals surface area contributed by atoms with Gasteiger partial charge in [-0.3, -0.25) is 9.89 Å². The lowest BCUT2D eigenvalue weighted by Gasteiger charge is -2.07. The van der Waals surface area contributed by atoms with Crippen LogP contribution in [-0.4, -0.2) is 21.1 Å². The van der Waals surface area contributed by atoms with E-state index in [1.54, 1.807) is 6.20 Å². The van der Waals surface area contributed by atoms with Crippen LogP contribution in [-0.2, 0) is 6.42 Å². The van der Waals surface area contributed by atoms with Crippen molar-refractivity contribution in [2.45, 2.75) is 19.8 Å². The summed E-state index contributed by atoms with van der Waals surface area (Å²) in [6, 6.07) is 5.91. The number of carbonyl (C=O) groups excluding carboxylic acids is 1. The Morgan fingerprint density at radius 1 is 1.19 bits per heavy atom. The van der Waals surface area contributed by atoms with Crippen LogP contribution in [0, 0.1) is 6.92 Å². The Labute approximate surface area is 121 Å². The summed E-state index contributed by atoms with van der Waals surface area (Å²) < 4.78 is 5.36. The number of aryl methyl sites for hydroxylation is 2. The first kappa shape index (κ1) is 12.1. The zero-order chi connectivity index (χ0) is 14.4. The maximum Gasteiger partial charge on any atom is 0.163 e. The van der Waals surface area contributed by atoms with Gasteiger partial charge in [0.05, 0.1) is 11.9 Å². The van der Waals surface area contributed by atoms with E-state index >= 15 is 0 Å². The van der Waals surface area contributed by atoms with Crippen molar-refractivity contribution in [2.24, 2.45) is 0 Å². The lowest BCUT2D eigenvalue weighted by atomic mass is 9.94. The fourth-order valence-electron chi connectivity index (χ4n) is 2.88. The second-order valence-electron chi connectivity index (χ2n) is 5.24. The first-order valence-electron chi connectivity index (χ1n) is 6.86. The lowest BCUT2D eigenvalue weighted by Crippen LogP contribution is -2.00. The average molecular weight is 279 g/mol. The van der Waals surface area contributed by atoms with E-state index in [9.17, 15) is 4.79 Å². The van der Waals surface area contributed by atoms with Gasteiger partial charge in [0.25, 0.3) is 0 Å². The van der Waals surface area contributed by atoms with Gasteiger partial charge in [0.15, 0.2) is 5.78 Å². The maximum absolute atomic E-state index is 12.4. The molecule has 0 saturated heterocycles. The van der Waals surface area contributed by atoms with Crippen LogP contribution in [0.4, 0.5) is 0 Å². The molecule has 0 aliphatic heterocycles. The van der Waals surface area contributed by atoms with E-state index in [0.29, 0.717) is 12.8 Å². The molecule has 0 fully saturated rings. The Morgan fingerprint density at radius 2 is 2.10 bits per heavy atom. The van der Waals surface area contributed by atoms with Gasteiger partial charge in [-0.25, -0.2) is 0 Å². The molecule has 0 spiro atoms. The minimum absolute atomic E-state index is 0.140. The summed E-state index contributed by atoms with van der Waals surface area (Å²) in [6.45, 7) is 1.91. The molecule has 1 aliphatic rings. The Hall–Kier alpha value is -2.69. The van der Waals surface area contributed by atoms with Gasteiger partial charge in [-0.05, 0) is 24.1 Å². The number of ketones is 1. The highest BCUT2D eigenvalue weighted by atomic mass is 16.5. The molecule has 3 aromatic rings. The van der Waals surface area contributed by atoms with E-state index < -0.39 is 0 Å². The smallest absolute Gasteiger partial charge is 0.163 e. The highest BCUT2D eigenvalue weighted by Crippen LogP contribution is 2.36. The van der Waals surface area contributed by atoms with Gasteiger partial charge in [0.1, 0.15) is 5.76 Å². The van der Waals surface area contributed by atoms with E-state index in [1.807, 2.05) is 31.3 Å². The lowest BCUT2D eigenvalue weighted by molar-refractivity contribution is 0.0982. The highest BCUT2D eigenvalue weighted by Gasteiger charge is 2.25. The average Bonchev–Trinajstić information content (AvgIpc) is 3.11. The third-order valence-electron chi connectivity index (χ3n) is 3.93. The monoisotopic (exact) mass is 279 g/mol. The van der Waals surface area contributed by atoms with Gasteiger partial charge in [-0.1, -0.05) is 17.3 Å². The molecule has 5 heteroatoms. The molecule has 0 unspecified atom stereocenters. The van der Waals surface area contributed by atoms with Crippen LogP contribution in [0.15, 0.2) is 35.1 Å². The summed E-state index contributed by atoms with van der Waals surface area (Å²) in [6.07, 6.45) is 4.62. The SMILES string of the molecule is Cc1noc2c1-c1ccc(-c3cn[nH]c3)cc1C(=O)CC2. The predicted octanol–water partition coefficient (Wildman–Crippen LogP) is 3.17. The summed E-state index contributed by atoms with van der Waals surface area (Å²) in [7, 11) is 0. The van der Waals surface area contributed by atoms with Crippen LogP contribution < -0.4 is 0 Å². The van der Waals surface area contributed by atoms with E-state index in [0.717, 1.165) is 39.3 Å². The van der Waals surface area contributed by atoms with E-state index in [-0.39, 0.29) is 5.78 Å². The number of fused-ring (bicyclic) bond motifs is 3. The summed E-state index contributed by atoms with van der Waals surface area (Å²) in [5.74, 6) is 0.941. The van der Waals surface area contributed by atoms with Crippen LogP contribution in [0.1, 0.15) is 28.2 Å². The third kappa shape index (κ3) is 1.81. The number of hydrogen-bond acceptors (Lipinski definition) is 4. The molecule has 2 aromatic heterocycles. The third-order valence-corrected chi connectivity index (χ3v) is 3.93. The van der Waals surface area contributed by atoms with Crippen molar-refractivity contribution in [1.82, 2.24) is 15.4 Å². The first-order chi connectivity index (χ1) is 10.2. The van der Waals surface area contributed by atoms with Crippen molar-refractivity contribution in [3.63, 3.8) is 0 Å². The van der Waals surface area contributed by atoms with Crippen LogP contribution in [0.2, 0.25) is 0 Å². The molecule has 0 bridgehead atoms. The second kappa shape index (κ2) is 4.41. The van der Waals surface area contributed by atoms with Gasteiger partial charge in [-0.15, -0.1) is 0 Å². The molecule has 104 valence electrons. The van der Waals surface area contributed by atoms with E-state index in [1.165, 1.54) is 0 Å². The van der Waals surface area contributed by atoms with Gasteiger partial charge < -0.3 is 4.52 Å². The largest absolute Gasteiger partial charge is 0.360 e. The predicted molar refractivity (Wildman–Crippen MR) is 76.9 cm³/mol. The Kier molecular flexibility index (Phi) is 2.54. The fraction of sp³-hybridized carbons (Fsp3) is 0.188. The second-order valence-corrected chi connectivity index (χ2v) is 5.24. The number of aromatic nitrogens is 3. The number of carbonyl (C=O) groups is 1. The minimum atomic E-state index is 0.140. The molecule has 1 N–H and O–H groups in total. The van der Waals surface area contributed by atoms with Crippen molar-refractivity contribution in [1.29, 1.82) is 0 Å². The van der Waals surface area contributed by atoms with Crippen LogP contribution >= 0.6 is 0 Å². The zero-order valence-corrected chi connectivity index (χ0v) is 11.5. The number of benzene rings is 1. The quantitative estimate of drug-likeness (QED) is 0.742. The number of nitrogens with zero attached hydrogens (tertiary/aromatic N) is 2. The van der Waals surface area contributed by atoms with Crippen molar-refractivity contribution in [3.8, 4) is 22.3 Å². The normalized spacial score (nSPS) is 13.7. The standard InChI is InChI=1S/C16H13N3O2/c1-9-16-12-3-2-10(11-7-17-18-8-11)6-13(12)14(20)4-5-15(16)21-19-9/h2-3,6-8H,4-5H2,1H3,(H,17,18).